The fourth-order valence-corrected chi connectivity index (χ4v) is 3.31. The Bertz CT molecular complexity index is 446. The number of hydrogen-bond acceptors (Lipinski definition) is 3. The lowest BCUT2D eigenvalue weighted by Crippen LogP contribution is -2.56. The molecule has 6 nitrogen and oxygen atoms in total. The highest BCUT2D eigenvalue weighted by Gasteiger charge is 2.57. The molecule has 0 aromatic heterocycles. The molecule has 0 aromatic carbocycles. The van der Waals surface area contributed by atoms with Gasteiger partial charge < -0.3 is 10.4 Å². The minimum absolute atomic E-state index is 0.00601. The largest absolute Gasteiger partial charge is 0.480 e. The molecule has 1 heterocycles. The maximum absolute atomic E-state index is 12.4. The predicted octanol–water partition coefficient (Wildman–Crippen LogP) is 1.21. The molecule has 0 radical (unpaired) electrons. The van der Waals surface area contributed by atoms with Gasteiger partial charge in [0.15, 0.2) is 0 Å². The molecular weight excluding hydrogens is 248 g/mol. The number of nitrogens with one attached hydrogen (secondary N) is 1. The Kier molecular flexibility index (Phi) is 3.07. The van der Waals surface area contributed by atoms with Crippen LogP contribution in [0.4, 0.5) is 4.79 Å². The van der Waals surface area contributed by atoms with E-state index in [1.54, 1.807) is 0 Å². The van der Waals surface area contributed by atoms with Gasteiger partial charge in [0, 0.05) is 0 Å². The number of carbonyl (C=O) groups is 3. The first-order valence-electron chi connectivity index (χ1n) is 6.54. The molecule has 6 heteroatoms. The molecule has 106 valence electrons. The number of carboxylic acids is 1. The van der Waals surface area contributed by atoms with Gasteiger partial charge in [-0.3, -0.25) is 14.5 Å². The van der Waals surface area contributed by atoms with Crippen molar-refractivity contribution in [3.05, 3.63) is 0 Å². The lowest BCUT2D eigenvalue weighted by molar-refractivity contribution is -0.144. The number of urea groups is 1. The lowest BCUT2D eigenvalue weighted by atomic mass is 9.64. The summed E-state index contributed by atoms with van der Waals surface area (Å²) >= 11 is 0. The minimum atomic E-state index is -1.18. The molecule has 2 atom stereocenters. The zero-order valence-electron chi connectivity index (χ0n) is 11.5. The monoisotopic (exact) mass is 268 g/mol. The molecule has 2 unspecified atom stereocenters. The lowest BCUT2D eigenvalue weighted by Gasteiger charge is -2.44. The van der Waals surface area contributed by atoms with Gasteiger partial charge in [-0.15, -0.1) is 0 Å². The van der Waals surface area contributed by atoms with Gasteiger partial charge in [-0.2, -0.15) is 0 Å². The topological polar surface area (TPSA) is 86.7 Å². The Morgan fingerprint density at radius 2 is 2.05 bits per heavy atom. The number of imide groups is 1. The van der Waals surface area contributed by atoms with E-state index in [1.807, 2.05) is 6.92 Å². The highest BCUT2D eigenvalue weighted by Crippen LogP contribution is 2.46. The third-order valence-electron chi connectivity index (χ3n) is 4.39. The summed E-state index contributed by atoms with van der Waals surface area (Å²) in [6, 6.07) is -0.584. The van der Waals surface area contributed by atoms with Gasteiger partial charge in [0.25, 0.3) is 5.91 Å². The van der Waals surface area contributed by atoms with Crippen LogP contribution in [0.5, 0.6) is 0 Å². The van der Waals surface area contributed by atoms with Crippen LogP contribution in [0.25, 0.3) is 0 Å². The molecule has 2 N–H and O–H groups in total. The van der Waals surface area contributed by atoms with Crippen LogP contribution in [0.2, 0.25) is 0 Å². The summed E-state index contributed by atoms with van der Waals surface area (Å²) in [4.78, 5) is 35.8. The van der Waals surface area contributed by atoms with Gasteiger partial charge >= 0.3 is 12.0 Å². The van der Waals surface area contributed by atoms with Crippen molar-refractivity contribution < 1.29 is 19.5 Å². The Hall–Kier alpha value is -1.59. The molecule has 3 amide bonds. The molecule has 2 rings (SSSR count). The van der Waals surface area contributed by atoms with Gasteiger partial charge in [-0.1, -0.05) is 20.8 Å². The van der Waals surface area contributed by atoms with Crippen LogP contribution in [-0.4, -0.2) is 40.0 Å². The molecule has 0 bridgehead atoms. The first kappa shape index (κ1) is 13.8. The van der Waals surface area contributed by atoms with E-state index in [-0.39, 0.29) is 17.2 Å². The van der Waals surface area contributed by atoms with Crippen LogP contribution >= 0.6 is 0 Å². The van der Waals surface area contributed by atoms with Crippen LogP contribution < -0.4 is 5.32 Å². The van der Waals surface area contributed by atoms with Crippen molar-refractivity contribution in [1.29, 1.82) is 0 Å². The number of nitrogens with zero attached hydrogens (tertiary/aromatic N) is 1. The summed E-state index contributed by atoms with van der Waals surface area (Å²) in [6.07, 6.45) is 2.24. The third kappa shape index (κ3) is 2.19. The standard InChI is InChI=1S/C13H20N2O4/c1-8-6-12(2,3)4-5-13(8)10(18)15(7-9(16)17)11(19)14-13/h8H,4-7H2,1-3H3,(H,14,19)(H,16,17). The second-order valence-electron chi connectivity index (χ2n) is 6.46. The summed E-state index contributed by atoms with van der Waals surface area (Å²) in [5.41, 5.74) is -0.752. The first-order chi connectivity index (χ1) is 8.68. The molecule has 1 aliphatic carbocycles. The Labute approximate surface area is 112 Å². The summed E-state index contributed by atoms with van der Waals surface area (Å²) in [5, 5.41) is 11.5. The summed E-state index contributed by atoms with van der Waals surface area (Å²) in [6.45, 7) is 5.67. The van der Waals surface area contributed by atoms with Gasteiger partial charge in [0.2, 0.25) is 0 Å². The molecule has 1 spiro atoms. The highest BCUT2D eigenvalue weighted by molar-refractivity contribution is 6.08. The zero-order chi connectivity index (χ0) is 14.4. The molecule has 19 heavy (non-hydrogen) atoms. The number of hydrogen-bond donors (Lipinski definition) is 2. The Morgan fingerprint density at radius 3 is 2.58 bits per heavy atom. The smallest absolute Gasteiger partial charge is 0.325 e. The second kappa shape index (κ2) is 4.21. The minimum Gasteiger partial charge on any atom is -0.480 e. The molecule has 2 fully saturated rings. The van der Waals surface area contributed by atoms with Crippen LogP contribution in [0.3, 0.4) is 0 Å². The maximum atomic E-state index is 12.4. The number of aliphatic carboxylic acids is 1. The van der Waals surface area contributed by atoms with Crippen molar-refractivity contribution in [3.63, 3.8) is 0 Å². The molecule has 1 saturated heterocycles. The SMILES string of the molecule is CC1CC(C)(C)CCC12NC(=O)N(CC(=O)O)C2=O. The van der Waals surface area contributed by atoms with E-state index in [1.165, 1.54) is 0 Å². The van der Waals surface area contributed by atoms with E-state index in [2.05, 4.69) is 19.2 Å². The number of rotatable bonds is 2. The fraction of sp³-hybridized carbons (Fsp3) is 0.769. The molecule has 0 aromatic rings. The maximum Gasteiger partial charge on any atom is 0.325 e. The molecular formula is C13H20N2O4. The van der Waals surface area contributed by atoms with Crippen LogP contribution in [-0.2, 0) is 9.59 Å². The predicted molar refractivity (Wildman–Crippen MR) is 67.4 cm³/mol. The van der Waals surface area contributed by atoms with Gasteiger partial charge in [-0.05, 0) is 30.6 Å². The van der Waals surface area contributed by atoms with Crippen molar-refractivity contribution in [2.75, 3.05) is 6.54 Å². The zero-order valence-corrected chi connectivity index (χ0v) is 11.5. The van der Waals surface area contributed by atoms with Gasteiger partial charge in [0.05, 0.1) is 0 Å². The molecule has 1 saturated carbocycles. The third-order valence-corrected chi connectivity index (χ3v) is 4.39. The van der Waals surface area contributed by atoms with Crippen molar-refractivity contribution >= 4 is 17.9 Å². The summed E-state index contributed by atoms with van der Waals surface area (Å²) in [5.74, 6) is -1.56. The number of carboxylic acid groups (broad SMARTS) is 1. The van der Waals surface area contributed by atoms with Crippen molar-refractivity contribution in [2.45, 2.75) is 45.6 Å². The van der Waals surface area contributed by atoms with E-state index < -0.39 is 24.1 Å². The van der Waals surface area contributed by atoms with E-state index >= 15 is 0 Å². The summed E-state index contributed by atoms with van der Waals surface area (Å²) < 4.78 is 0. The van der Waals surface area contributed by atoms with E-state index in [0.717, 1.165) is 17.7 Å². The Balaban J connectivity index is 2.24. The van der Waals surface area contributed by atoms with E-state index in [9.17, 15) is 14.4 Å². The Morgan fingerprint density at radius 1 is 1.42 bits per heavy atom. The molecule has 1 aliphatic heterocycles. The second-order valence-corrected chi connectivity index (χ2v) is 6.46. The van der Waals surface area contributed by atoms with Crippen molar-refractivity contribution in [3.8, 4) is 0 Å². The van der Waals surface area contributed by atoms with Gasteiger partial charge in [0.1, 0.15) is 12.1 Å². The average molecular weight is 268 g/mol. The fourth-order valence-electron chi connectivity index (χ4n) is 3.31. The van der Waals surface area contributed by atoms with Crippen molar-refractivity contribution in [2.24, 2.45) is 11.3 Å². The van der Waals surface area contributed by atoms with Crippen LogP contribution in [0.1, 0.15) is 40.0 Å². The van der Waals surface area contributed by atoms with E-state index in [0.29, 0.717) is 6.42 Å². The number of carbonyl (C=O) groups excluding carboxylic acids is 2. The molecule has 2 aliphatic rings. The average Bonchev–Trinajstić information content (AvgIpc) is 2.49. The summed E-state index contributed by atoms with van der Waals surface area (Å²) in [7, 11) is 0. The van der Waals surface area contributed by atoms with Crippen molar-refractivity contribution in [1.82, 2.24) is 10.2 Å². The van der Waals surface area contributed by atoms with Crippen LogP contribution in [0.15, 0.2) is 0 Å². The number of amides is 3. The quantitative estimate of drug-likeness (QED) is 0.737. The van der Waals surface area contributed by atoms with E-state index in [4.69, 9.17) is 5.11 Å². The first-order valence-corrected chi connectivity index (χ1v) is 6.54. The van der Waals surface area contributed by atoms with Gasteiger partial charge in [-0.25, -0.2) is 4.79 Å². The highest BCUT2D eigenvalue weighted by atomic mass is 16.4. The van der Waals surface area contributed by atoms with Crippen LogP contribution in [0, 0.1) is 11.3 Å². The normalized spacial score (nSPS) is 33.6.